The number of piperidine rings is 1. The summed E-state index contributed by atoms with van der Waals surface area (Å²) in [5.74, 6) is 1.27. The Morgan fingerprint density at radius 1 is 1.17 bits per heavy atom. The first-order valence-corrected chi connectivity index (χ1v) is 8.36. The molecule has 2 aliphatic rings. The molecule has 124 valence electrons. The molecule has 23 heavy (non-hydrogen) atoms. The number of nitrogens with one attached hydrogen (secondary N) is 1. The number of aryl methyl sites for hydroxylation is 1. The number of carbonyl (C=O) groups is 2. The van der Waals surface area contributed by atoms with Crippen LogP contribution in [0.1, 0.15) is 22.3 Å². The van der Waals surface area contributed by atoms with Gasteiger partial charge in [0.05, 0.1) is 6.54 Å². The highest BCUT2D eigenvalue weighted by Gasteiger charge is 2.39. The molecule has 5 nitrogen and oxygen atoms in total. The summed E-state index contributed by atoms with van der Waals surface area (Å²) in [6.07, 6.45) is 1.07. The standard InChI is InChI=1S/C18H25N3O2/c1-13-5-3-4-6-16(13)18(23)21-10-14-7-8-20(9-15(14)11-21)12-17(22)19-2/h3-6,14-15H,7-12H2,1-2H3,(H,19,22)/t14-,15+/m1/s1. The Balaban J connectivity index is 1.63. The average Bonchev–Trinajstić information content (AvgIpc) is 2.97. The van der Waals surface area contributed by atoms with Crippen molar-refractivity contribution in [3.63, 3.8) is 0 Å². The van der Waals surface area contributed by atoms with Crippen LogP contribution >= 0.6 is 0 Å². The number of nitrogens with zero attached hydrogens (tertiary/aromatic N) is 2. The van der Waals surface area contributed by atoms with Gasteiger partial charge in [-0.1, -0.05) is 18.2 Å². The van der Waals surface area contributed by atoms with E-state index in [1.165, 1.54) is 0 Å². The van der Waals surface area contributed by atoms with Gasteiger partial charge in [-0.2, -0.15) is 0 Å². The molecule has 2 saturated heterocycles. The summed E-state index contributed by atoms with van der Waals surface area (Å²) in [6, 6.07) is 7.79. The van der Waals surface area contributed by atoms with Crippen molar-refractivity contribution in [2.75, 3.05) is 39.8 Å². The highest BCUT2D eigenvalue weighted by Crippen LogP contribution is 2.32. The number of hydrogen-bond donors (Lipinski definition) is 1. The quantitative estimate of drug-likeness (QED) is 0.910. The summed E-state index contributed by atoms with van der Waals surface area (Å²) in [4.78, 5) is 28.5. The third-order valence-corrected chi connectivity index (χ3v) is 5.19. The van der Waals surface area contributed by atoms with E-state index >= 15 is 0 Å². The van der Waals surface area contributed by atoms with Gasteiger partial charge >= 0.3 is 0 Å². The van der Waals surface area contributed by atoms with Gasteiger partial charge < -0.3 is 10.2 Å². The Labute approximate surface area is 137 Å². The van der Waals surface area contributed by atoms with E-state index in [1.54, 1.807) is 7.05 Å². The molecular formula is C18H25N3O2. The van der Waals surface area contributed by atoms with Crippen LogP contribution in [0.5, 0.6) is 0 Å². The summed E-state index contributed by atoms with van der Waals surface area (Å²) in [7, 11) is 1.67. The minimum atomic E-state index is 0.0642. The van der Waals surface area contributed by atoms with E-state index in [0.29, 0.717) is 18.4 Å². The van der Waals surface area contributed by atoms with Gasteiger partial charge in [0.15, 0.2) is 0 Å². The van der Waals surface area contributed by atoms with E-state index < -0.39 is 0 Å². The van der Waals surface area contributed by atoms with Crippen LogP contribution in [0.2, 0.25) is 0 Å². The molecule has 0 bridgehead atoms. The predicted molar refractivity (Wildman–Crippen MR) is 89.2 cm³/mol. The maximum absolute atomic E-state index is 12.8. The second-order valence-corrected chi connectivity index (χ2v) is 6.74. The largest absolute Gasteiger partial charge is 0.358 e. The molecule has 3 rings (SSSR count). The van der Waals surface area contributed by atoms with Crippen molar-refractivity contribution in [1.82, 2.24) is 15.1 Å². The zero-order valence-corrected chi connectivity index (χ0v) is 13.9. The van der Waals surface area contributed by atoms with Crippen molar-refractivity contribution in [3.05, 3.63) is 35.4 Å². The molecule has 0 saturated carbocycles. The number of rotatable bonds is 3. The van der Waals surface area contributed by atoms with E-state index in [2.05, 4.69) is 10.2 Å². The summed E-state index contributed by atoms with van der Waals surface area (Å²) < 4.78 is 0. The summed E-state index contributed by atoms with van der Waals surface area (Å²) >= 11 is 0. The Morgan fingerprint density at radius 2 is 1.91 bits per heavy atom. The molecule has 1 aromatic carbocycles. The molecule has 0 aliphatic carbocycles. The number of likely N-dealkylation sites (N-methyl/N-ethyl adjacent to an activating group) is 1. The molecule has 0 unspecified atom stereocenters. The Hall–Kier alpha value is -1.88. The highest BCUT2D eigenvalue weighted by atomic mass is 16.2. The molecule has 2 atom stereocenters. The van der Waals surface area contributed by atoms with Gasteiger partial charge in [-0.15, -0.1) is 0 Å². The normalized spacial score (nSPS) is 24.3. The van der Waals surface area contributed by atoms with Gasteiger partial charge in [-0.3, -0.25) is 14.5 Å². The molecule has 0 radical (unpaired) electrons. The second-order valence-electron chi connectivity index (χ2n) is 6.74. The van der Waals surface area contributed by atoms with Crippen molar-refractivity contribution in [2.45, 2.75) is 13.3 Å². The van der Waals surface area contributed by atoms with Crippen LogP contribution in [0.15, 0.2) is 24.3 Å². The third-order valence-electron chi connectivity index (χ3n) is 5.19. The Kier molecular flexibility index (Phi) is 4.66. The lowest BCUT2D eigenvalue weighted by Crippen LogP contribution is -2.44. The van der Waals surface area contributed by atoms with Crippen molar-refractivity contribution in [1.29, 1.82) is 0 Å². The Bertz CT molecular complexity index is 602. The van der Waals surface area contributed by atoms with Crippen LogP contribution in [0, 0.1) is 18.8 Å². The lowest BCUT2D eigenvalue weighted by molar-refractivity contribution is -0.122. The molecule has 0 spiro atoms. The number of fused-ring (bicyclic) bond motifs is 1. The molecule has 5 heteroatoms. The van der Waals surface area contributed by atoms with Gasteiger partial charge in [-0.05, 0) is 43.4 Å². The molecule has 2 fully saturated rings. The minimum Gasteiger partial charge on any atom is -0.358 e. The zero-order chi connectivity index (χ0) is 16.4. The average molecular weight is 315 g/mol. The maximum Gasteiger partial charge on any atom is 0.254 e. The van der Waals surface area contributed by atoms with E-state index in [-0.39, 0.29) is 11.8 Å². The first-order chi connectivity index (χ1) is 11.1. The summed E-state index contributed by atoms with van der Waals surface area (Å²) in [5, 5.41) is 2.68. The number of benzene rings is 1. The van der Waals surface area contributed by atoms with Gasteiger partial charge in [0.2, 0.25) is 5.91 Å². The smallest absolute Gasteiger partial charge is 0.254 e. The topological polar surface area (TPSA) is 52.7 Å². The van der Waals surface area contributed by atoms with Crippen LogP contribution in [0.3, 0.4) is 0 Å². The van der Waals surface area contributed by atoms with E-state index in [0.717, 1.165) is 43.7 Å². The lowest BCUT2D eigenvalue weighted by atomic mass is 9.89. The van der Waals surface area contributed by atoms with Crippen molar-refractivity contribution in [2.24, 2.45) is 11.8 Å². The molecular weight excluding hydrogens is 290 g/mol. The lowest BCUT2D eigenvalue weighted by Gasteiger charge is -2.33. The fourth-order valence-corrected chi connectivity index (χ4v) is 3.82. The van der Waals surface area contributed by atoms with Gasteiger partial charge in [-0.25, -0.2) is 0 Å². The van der Waals surface area contributed by atoms with Crippen LogP contribution in [-0.2, 0) is 4.79 Å². The van der Waals surface area contributed by atoms with Crippen LogP contribution < -0.4 is 5.32 Å². The monoisotopic (exact) mass is 315 g/mol. The number of amides is 2. The van der Waals surface area contributed by atoms with Gasteiger partial charge in [0.1, 0.15) is 0 Å². The maximum atomic E-state index is 12.8. The second kappa shape index (κ2) is 6.71. The van der Waals surface area contributed by atoms with Gasteiger partial charge in [0.25, 0.3) is 5.91 Å². The Morgan fingerprint density at radius 3 is 2.65 bits per heavy atom. The zero-order valence-electron chi connectivity index (χ0n) is 13.9. The molecule has 1 aromatic rings. The van der Waals surface area contributed by atoms with E-state index in [1.807, 2.05) is 36.1 Å². The van der Waals surface area contributed by atoms with Gasteiger partial charge in [0, 0.05) is 32.2 Å². The van der Waals surface area contributed by atoms with E-state index in [4.69, 9.17) is 0 Å². The molecule has 2 heterocycles. The molecule has 2 aliphatic heterocycles. The fraction of sp³-hybridized carbons (Fsp3) is 0.556. The first kappa shape index (κ1) is 16.0. The van der Waals surface area contributed by atoms with Crippen LogP contribution in [0.4, 0.5) is 0 Å². The van der Waals surface area contributed by atoms with Crippen molar-refractivity contribution >= 4 is 11.8 Å². The fourth-order valence-electron chi connectivity index (χ4n) is 3.82. The predicted octanol–water partition coefficient (Wildman–Crippen LogP) is 1.13. The minimum absolute atomic E-state index is 0.0642. The van der Waals surface area contributed by atoms with Crippen molar-refractivity contribution in [3.8, 4) is 0 Å². The van der Waals surface area contributed by atoms with Crippen LogP contribution in [0.25, 0.3) is 0 Å². The third kappa shape index (κ3) is 3.39. The van der Waals surface area contributed by atoms with Crippen LogP contribution in [-0.4, -0.2) is 61.4 Å². The van der Waals surface area contributed by atoms with Crippen molar-refractivity contribution < 1.29 is 9.59 Å². The molecule has 0 aromatic heterocycles. The molecule has 2 amide bonds. The first-order valence-electron chi connectivity index (χ1n) is 8.36. The highest BCUT2D eigenvalue weighted by molar-refractivity contribution is 5.95. The van der Waals surface area contributed by atoms with E-state index in [9.17, 15) is 9.59 Å². The molecule has 1 N–H and O–H groups in total. The SMILES string of the molecule is CNC(=O)CN1CC[C@@H]2CN(C(=O)c3ccccc3C)C[C@@H]2C1. The number of hydrogen-bond acceptors (Lipinski definition) is 3. The summed E-state index contributed by atoms with van der Waals surface area (Å²) in [6.45, 7) is 5.97. The number of carbonyl (C=O) groups excluding carboxylic acids is 2. The summed E-state index contributed by atoms with van der Waals surface area (Å²) in [5.41, 5.74) is 1.85. The number of likely N-dealkylation sites (tertiary alicyclic amines) is 2.